The van der Waals surface area contributed by atoms with Gasteiger partial charge in [0.1, 0.15) is 0 Å². The van der Waals surface area contributed by atoms with E-state index in [9.17, 15) is 0 Å². The van der Waals surface area contributed by atoms with Crippen LogP contribution >= 0.6 is 0 Å². The van der Waals surface area contributed by atoms with Crippen LogP contribution < -0.4 is 10.6 Å². The van der Waals surface area contributed by atoms with Gasteiger partial charge in [-0.05, 0) is 19.5 Å². The van der Waals surface area contributed by atoms with Crippen LogP contribution in [-0.4, -0.2) is 25.5 Å². The van der Waals surface area contributed by atoms with E-state index in [0.29, 0.717) is 0 Å². The summed E-state index contributed by atoms with van der Waals surface area (Å²) in [5, 5.41) is 6.52. The van der Waals surface area contributed by atoms with Gasteiger partial charge in [-0.2, -0.15) is 0 Å². The molecule has 1 rings (SSSR count). The third-order valence-corrected chi connectivity index (χ3v) is 1.77. The molecule has 0 aromatic rings. The standard InChI is InChI=1S/C8H18N2O/c1-3-5-6-10-8-7(11-8)9-4-2/h7-10H,3-6H2,1-2H3. The minimum absolute atomic E-state index is 0.275. The summed E-state index contributed by atoms with van der Waals surface area (Å²) in [6.07, 6.45) is 3.03. The molecular formula is C8H18N2O. The summed E-state index contributed by atoms with van der Waals surface area (Å²) >= 11 is 0. The summed E-state index contributed by atoms with van der Waals surface area (Å²) < 4.78 is 5.28. The van der Waals surface area contributed by atoms with Crippen molar-refractivity contribution in [2.45, 2.75) is 39.1 Å². The second kappa shape index (κ2) is 4.70. The molecule has 0 aromatic carbocycles. The normalized spacial score (nSPS) is 28.9. The molecule has 2 N–H and O–H groups in total. The van der Waals surface area contributed by atoms with Gasteiger partial charge in [-0.15, -0.1) is 0 Å². The van der Waals surface area contributed by atoms with Gasteiger partial charge in [0.05, 0.1) is 0 Å². The zero-order valence-corrected chi connectivity index (χ0v) is 7.39. The van der Waals surface area contributed by atoms with Crippen LogP contribution in [0.4, 0.5) is 0 Å². The van der Waals surface area contributed by atoms with E-state index in [1.54, 1.807) is 0 Å². The SMILES string of the molecule is CCCCNC1OC1NCC. The van der Waals surface area contributed by atoms with Crippen LogP contribution in [0.5, 0.6) is 0 Å². The minimum atomic E-state index is 0.275. The van der Waals surface area contributed by atoms with Crippen molar-refractivity contribution < 1.29 is 4.74 Å². The number of hydrogen-bond acceptors (Lipinski definition) is 3. The van der Waals surface area contributed by atoms with E-state index in [4.69, 9.17) is 4.74 Å². The highest BCUT2D eigenvalue weighted by Crippen LogP contribution is 2.14. The van der Waals surface area contributed by atoms with Crippen molar-refractivity contribution in [3.8, 4) is 0 Å². The van der Waals surface area contributed by atoms with Gasteiger partial charge in [-0.1, -0.05) is 20.3 Å². The molecule has 66 valence electrons. The maximum atomic E-state index is 5.28. The first kappa shape index (κ1) is 8.97. The summed E-state index contributed by atoms with van der Waals surface area (Å²) in [6.45, 7) is 6.33. The third kappa shape index (κ3) is 3.18. The van der Waals surface area contributed by atoms with Gasteiger partial charge in [0.25, 0.3) is 0 Å². The Morgan fingerprint density at radius 3 is 2.55 bits per heavy atom. The molecule has 2 unspecified atom stereocenters. The summed E-state index contributed by atoms with van der Waals surface area (Å²) in [4.78, 5) is 0. The Morgan fingerprint density at radius 1 is 1.18 bits per heavy atom. The Hall–Kier alpha value is -0.120. The van der Waals surface area contributed by atoms with E-state index in [-0.39, 0.29) is 12.5 Å². The highest BCUT2D eigenvalue weighted by atomic mass is 16.6. The van der Waals surface area contributed by atoms with Crippen LogP contribution in [0.25, 0.3) is 0 Å². The molecule has 1 aliphatic heterocycles. The van der Waals surface area contributed by atoms with E-state index >= 15 is 0 Å². The molecule has 0 saturated carbocycles. The lowest BCUT2D eigenvalue weighted by Crippen LogP contribution is -2.27. The smallest absolute Gasteiger partial charge is 0.150 e. The van der Waals surface area contributed by atoms with E-state index in [1.165, 1.54) is 12.8 Å². The molecule has 1 saturated heterocycles. The number of hydrogen-bond donors (Lipinski definition) is 2. The van der Waals surface area contributed by atoms with Crippen molar-refractivity contribution in [3.63, 3.8) is 0 Å². The van der Waals surface area contributed by atoms with Crippen LogP contribution in [0.1, 0.15) is 26.7 Å². The first-order valence-electron chi connectivity index (χ1n) is 4.50. The molecule has 0 radical (unpaired) electrons. The molecule has 0 amide bonds. The average Bonchev–Trinajstić information content (AvgIpc) is 2.70. The van der Waals surface area contributed by atoms with Gasteiger partial charge in [0, 0.05) is 0 Å². The Balaban J connectivity index is 1.87. The fourth-order valence-corrected chi connectivity index (χ4v) is 1.05. The average molecular weight is 158 g/mol. The fraction of sp³-hybridized carbons (Fsp3) is 1.00. The monoisotopic (exact) mass is 158 g/mol. The number of likely N-dealkylation sites (N-methyl/N-ethyl adjacent to an activating group) is 1. The first-order valence-corrected chi connectivity index (χ1v) is 4.50. The van der Waals surface area contributed by atoms with E-state index in [0.717, 1.165) is 13.1 Å². The van der Waals surface area contributed by atoms with Crippen molar-refractivity contribution >= 4 is 0 Å². The van der Waals surface area contributed by atoms with E-state index in [2.05, 4.69) is 24.5 Å². The van der Waals surface area contributed by atoms with Gasteiger partial charge in [0.2, 0.25) is 0 Å². The lowest BCUT2D eigenvalue weighted by molar-refractivity contribution is 0.328. The zero-order chi connectivity index (χ0) is 8.10. The van der Waals surface area contributed by atoms with Gasteiger partial charge < -0.3 is 4.74 Å². The zero-order valence-electron chi connectivity index (χ0n) is 7.39. The topological polar surface area (TPSA) is 36.6 Å². The maximum absolute atomic E-state index is 5.28. The van der Waals surface area contributed by atoms with Crippen molar-refractivity contribution in [1.82, 2.24) is 10.6 Å². The van der Waals surface area contributed by atoms with Crippen molar-refractivity contribution in [2.24, 2.45) is 0 Å². The van der Waals surface area contributed by atoms with Crippen molar-refractivity contribution in [2.75, 3.05) is 13.1 Å². The Bertz CT molecular complexity index is 108. The summed E-state index contributed by atoms with van der Waals surface area (Å²) in [5.74, 6) is 0. The molecule has 1 heterocycles. The molecule has 11 heavy (non-hydrogen) atoms. The summed E-state index contributed by atoms with van der Waals surface area (Å²) in [6, 6.07) is 0. The lowest BCUT2D eigenvalue weighted by Gasteiger charge is -1.97. The molecule has 0 aromatic heterocycles. The van der Waals surface area contributed by atoms with Crippen molar-refractivity contribution in [3.05, 3.63) is 0 Å². The predicted octanol–water partition coefficient (Wildman–Crippen LogP) is 0.668. The second-order valence-electron chi connectivity index (χ2n) is 2.84. The largest absolute Gasteiger partial charge is 0.337 e. The number of nitrogens with one attached hydrogen (secondary N) is 2. The van der Waals surface area contributed by atoms with E-state index < -0.39 is 0 Å². The number of unbranched alkanes of at least 4 members (excludes halogenated alkanes) is 1. The Labute approximate surface area is 68.5 Å². The highest BCUT2D eigenvalue weighted by Gasteiger charge is 2.37. The molecule has 1 fully saturated rings. The molecular weight excluding hydrogens is 140 g/mol. The van der Waals surface area contributed by atoms with Gasteiger partial charge in [-0.25, -0.2) is 0 Å². The summed E-state index contributed by atoms with van der Waals surface area (Å²) in [5.41, 5.74) is 0. The van der Waals surface area contributed by atoms with Gasteiger partial charge in [0.15, 0.2) is 12.5 Å². The Morgan fingerprint density at radius 2 is 1.91 bits per heavy atom. The first-order chi connectivity index (χ1) is 5.38. The van der Waals surface area contributed by atoms with Crippen LogP contribution in [0.15, 0.2) is 0 Å². The number of ether oxygens (including phenoxy) is 1. The molecule has 3 heteroatoms. The highest BCUT2D eigenvalue weighted by molar-refractivity contribution is 4.79. The maximum Gasteiger partial charge on any atom is 0.150 e. The molecule has 0 spiro atoms. The van der Waals surface area contributed by atoms with Gasteiger partial charge >= 0.3 is 0 Å². The van der Waals surface area contributed by atoms with Crippen LogP contribution in [0.3, 0.4) is 0 Å². The fourth-order valence-electron chi connectivity index (χ4n) is 1.05. The number of epoxide rings is 1. The molecule has 1 aliphatic rings. The van der Waals surface area contributed by atoms with Gasteiger partial charge in [-0.3, -0.25) is 10.6 Å². The predicted molar refractivity (Wildman–Crippen MR) is 45.2 cm³/mol. The third-order valence-electron chi connectivity index (χ3n) is 1.77. The number of rotatable bonds is 6. The van der Waals surface area contributed by atoms with Crippen molar-refractivity contribution in [1.29, 1.82) is 0 Å². The Kier molecular flexibility index (Phi) is 3.83. The molecule has 0 bridgehead atoms. The molecule has 0 aliphatic carbocycles. The second-order valence-corrected chi connectivity index (χ2v) is 2.84. The van der Waals surface area contributed by atoms with Crippen LogP contribution in [0, 0.1) is 0 Å². The summed E-state index contributed by atoms with van der Waals surface area (Å²) in [7, 11) is 0. The lowest BCUT2D eigenvalue weighted by atomic mass is 10.3. The molecule has 3 nitrogen and oxygen atoms in total. The van der Waals surface area contributed by atoms with Crippen LogP contribution in [-0.2, 0) is 4.74 Å². The quantitative estimate of drug-likeness (QED) is 0.440. The van der Waals surface area contributed by atoms with Crippen LogP contribution in [0.2, 0.25) is 0 Å². The minimum Gasteiger partial charge on any atom is -0.337 e. The van der Waals surface area contributed by atoms with E-state index in [1.807, 2.05) is 0 Å². The molecule has 2 atom stereocenters.